The number of rotatable bonds is 3. The number of hydrogen-bond donors (Lipinski definition) is 0. The Bertz CT molecular complexity index is 1150. The van der Waals surface area contributed by atoms with E-state index in [9.17, 15) is 9.18 Å². The van der Waals surface area contributed by atoms with E-state index in [0.717, 1.165) is 0 Å². The van der Waals surface area contributed by atoms with Crippen LogP contribution in [0.4, 0.5) is 4.39 Å². The Hall–Kier alpha value is -3.33. The van der Waals surface area contributed by atoms with Crippen LogP contribution in [0.25, 0.3) is 10.8 Å². The highest BCUT2D eigenvalue weighted by molar-refractivity contribution is 5.91. The molecule has 1 aliphatic carbocycles. The summed E-state index contributed by atoms with van der Waals surface area (Å²) in [5.41, 5.74) is 0.954. The van der Waals surface area contributed by atoms with Crippen LogP contribution in [0.1, 0.15) is 25.0 Å². The fraction of sp³-hybridized carbons (Fsp3) is 0.273. The van der Waals surface area contributed by atoms with Crippen LogP contribution in [0.15, 0.2) is 70.1 Å². The molecule has 2 unspecified atom stereocenters. The summed E-state index contributed by atoms with van der Waals surface area (Å²) in [7, 11) is 0. The van der Waals surface area contributed by atoms with Crippen LogP contribution >= 0.6 is 0 Å². The Morgan fingerprint density at radius 3 is 2.82 bits per heavy atom. The Morgan fingerprint density at radius 1 is 1.32 bits per heavy atom. The summed E-state index contributed by atoms with van der Waals surface area (Å²) in [6.45, 7) is 2.38. The number of aliphatic imine (C=N–C) groups is 1. The monoisotopic (exact) mass is 374 g/mol. The molecule has 0 saturated carbocycles. The summed E-state index contributed by atoms with van der Waals surface area (Å²) in [6, 6.07) is 9.32. The molecule has 2 heterocycles. The molecule has 6 heteroatoms. The molecule has 0 bridgehead atoms. The van der Waals surface area contributed by atoms with Crippen LogP contribution in [0, 0.1) is 23.2 Å². The third-order valence-corrected chi connectivity index (χ3v) is 5.34. The predicted molar refractivity (Wildman–Crippen MR) is 107 cm³/mol. The Morgan fingerprint density at radius 2 is 2.11 bits per heavy atom. The lowest BCUT2D eigenvalue weighted by atomic mass is 9.87. The minimum absolute atomic E-state index is 0.0288. The molecule has 2 aliphatic rings. The third-order valence-electron chi connectivity index (χ3n) is 5.34. The molecule has 140 valence electrons. The van der Waals surface area contributed by atoms with Gasteiger partial charge in [-0.25, -0.2) is 9.67 Å². The van der Waals surface area contributed by atoms with Gasteiger partial charge in [0.05, 0.1) is 29.6 Å². The van der Waals surface area contributed by atoms with E-state index in [1.54, 1.807) is 30.4 Å². The minimum Gasteiger partial charge on any atom is -0.267 e. The van der Waals surface area contributed by atoms with Gasteiger partial charge in [0.25, 0.3) is 5.56 Å². The molecule has 0 radical (unpaired) electrons. The molecule has 1 aromatic heterocycles. The first kappa shape index (κ1) is 18.1. The third kappa shape index (κ3) is 3.20. The molecule has 2 aromatic rings. The van der Waals surface area contributed by atoms with Gasteiger partial charge < -0.3 is 0 Å². The topological polar surface area (TPSA) is 71.0 Å². The lowest BCUT2D eigenvalue weighted by molar-refractivity contribution is 0.397. The summed E-state index contributed by atoms with van der Waals surface area (Å²) in [4.78, 5) is 16.8. The zero-order valence-corrected chi connectivity index (χ0v) is 15.4. The lowest BCUT2D eigenvalue weighted by Gasteiger charge is -2.23. The van der Waals surface area contributed by atoms with E-state index in [1.807, 2.05) is 25.1 Å². The van der Waals surface area contributed by atoms with Crippen molar-refractivity contribution < 1.29 is 4.39 Å². The number of nitrogens with zero attached hydrogens (tertiary/aromatic N) is 4. The number of hydrogen-bond acceptors (Lipinski definition) is 4. The first-order valence-electron chi connectivity index (χ1n) is 9.26. The van der Waals surface area contributed by atoms with Gasteiger partial charge in [-0.05, 0) is 24.5 Å². The van der Waals surface area contributed by atoms with Crippen LogP contribution in [0.3, 0.4) is 0 Å². The average molecular weight is 374 g/mol. The molecule has 4 rings (SSSR count). The summed E-state index contributed by atoms with van der Waals surface area (Å²) in [6.07, 6.45) is 9.33. The second-order valence-corrected chi connectivity index (χ2v) is 7.16. The normalized spacial score (nSPS) is 24.0. The van der Waals surface area contributed by atoms with Gasteiger partial charge in [0, 0.05) is 23.1 Å². The van der Waals surface area contributed by atoms with Crippen molar-refractivity contribution in [2.45, 2.75) is 25.8 Å². The molecule has 28 heavy (non-hydrogen) atoms. The van der Waals surface area contributed by atoms with Crippen molar-refractivity contribution in [1.82, 2.24) is 9.78 Å². The van der Waals surface area contributed by atoms with Crippen molar-refractivity contribution in [1.29, 1.82) is 5.26 Å². The molecule has 0 N–H and O–H groups in total. The highest BCUT2D eigenvalue weighted by Gasteiger charge is 2.26. The molecule has 1 aliphatic heterocycles. The summed E-state index contributed by atoms with van der Waals surface area (Å²) >= 11 is 0. The molecule has 0 saturated heterocycles. The van der Waals surface area contributed by atoms with Gasteiger partial charge in [0.2, 0.25) is 0 Å². The minimum atomic E-state index is -0.592. The number of nitriles is 1. The van der Waals surface area contributed by atoms with Gasteiger partial charge >= 0.3 is 0 Å². The van der Waals surface area contributed by atoms with E-state index in [2.05, 4.69) is 16.2 Å². The van der Waals surface area contributed by atoms with Crippen molar-refractivity contribution >= 4 is 16.7 Å². The van der Waals surface area contributed by atoms with E-state index in [4.69, 9.17) is 5.26 Å². The van der Waals surface area contributed by atoms with Gasteiger partial charge in [-0.1, -0.05) is 43.4 Å². The van der Waals surface area contributed by atoms with Crippen molar-refractivity contribution in [2.75, 3.05) is 0 Å². The number of halogens is 1. The fourth-order valence-electron chi connectivity index (χ4n) is 3.74. The molecule has 0 spiro atoms. The first-order valence-corrected chi connectivity index (χ1v) is 9.26. The maximum Gasteiger partial charge on any atom is 0.274 e. The highest BCUT2D eigenvalue weighted by Crippen LogP contribution is 2.29. The quantitative estimate of drug-likeness (QED) is 0.814. The van der Waals surface area contributed by atoms with E-state index >= 15 is 0 Å². The largest absolute Gasteiger partial charge is 0.274 e. The fourth-order valence-corrected chi connectivity index (χ4v) is 3.74. The van der Waals surface area contributed by atoms with Gasteiger partial charge in [-0.3, -0.25) is 4.79 Å². The number of aromatic nitrogens is 2. The van der Waals surface area contributed by atoms with Crippen LogP contribution in [-0.4, -0.2) is 15.7 Å². The number of allylic oxidation sites excluding steroid dienone is 5. The second kappa shape index (κ2) is 7.35. The molecule has 0 fully saturated rings. The molecule has 3 atom stereocenters. The Kier molecular flexibility index (Phi) is 4.74. The Balaban J connectivity index is 1.79. The van der Waals surface area contributed by atoms with Crippen molar-refractivity contribution in [3.63, 3.8) is 0 Å². The number of fused-ring (bicyclic) bond motifs is 1. The maximum absolute atomic E-state index is 14.4. The SMILES string of the molecule is C[C@@H]1C=C(C#N)C=CC1Cn1nc(C2CC=CN=C2F)c2ccccc2c1=O. The highest BCUT2D eigenvalue weighted by atomic mass is 19.1. The van der Waals surface area contributed by atoms with Gasteiger partial charge in [-0.15, -0.1) is 0 Å². The van der Waals surface area contributed by atoms with E-state index in [0.29, 0.717) is 35.0 Å². The van der Waals surface area contributed by atoms with Gasteiger partial charge in [0.15, 0.2) is 5.97 Å². The van der Waals surface area contributed by atoms with Gasteiger partial charge in [0.1, 0.15) is 0 Å². The maximum atomic E-state index is 14.4. The predicted octanol–water partition coefficient (Wildman–Crippen LogP) is 4.04. The van der Waals surface area contributed by atoms with E-state index in [-0.39, 0.29) is 17.4 Å². The molecule has 1 aromatic carbocycles. The zero-order valence-electron chi connectivity index (χ0n) is 15.4. The van der Waals surface area contributed by atoms with Crippen LogP contribution in [0.5, 0.6) is 0 Å². The van der Waals surface area contributed by atoms with Crippen LogP contribution in [-0.2, 0) is 6.54 Å². The average Bonchev–Trinajstić information content (AvgIpc) is 2.72. The molecular formula is C22H19FN4O. The van der Waals surface area contributed by atoms with E-state index < -0.39 is 11.9 Å². The molecule has 0 amide bonds. The van der Waals surface area contributed by atoms with Crippen LogP contribution < -0.4 is 5.56 Å². The van der Waals surface area contributed by atoms with Crippen LogP contribution in [0.2, 0.25) is 0 Å². The number of benzene rings is 1. The first-order chi connectivity index (χ1) is 13.6. The molecular weight excluding hydrogens is 355 g/mol. The Labute approximate surface area is 161 Å². The second-order valence-electron chi connectivity index (χ2n) is 7.16. The molecule has 5 nitrogen and oxygen atoms in total. The summed E-state index contributed by atoms with van der Waals surface area (Å²) in [5, 5.41) is 14.8. The standard InChI is InChI=1S/C22H19FN4O/c1-14-11-15(12-24)8-9-16(14)13-27-22(28)18-6-3-2-5-17(18)20(26-27)19-7-4-10-25-21(19)23/h2-6,8-11,14,16,19H,7,13H2,1H3/t14-,16?,19?/m1/s1. The van der Waals surface area contributed by atoms with Crippen molar-refractivity contribution in [3.8, 4) is 6.07 Å². The summed E-state index contributed by atoms with van der Waals surface area (Å²) in [5.74, 6) is -0.954. The zero-order chi connectivity index (χ0) is 19.7. The van der Waals surface area contributed by atoms with Crippen molar-refractivity contribution in [2.24, 2.45) is 16.8 Å². The van der Waals surface area contributed by atoms with Gasteiger partial charge in [-0.2, -0.15) is 14.8 Å². The van der Waals surface area contributed by atoms with E-state index in [1.165, 1.54) is 10.9 Å². The smallest absolute Gasteiger partial charge is 0.267 e. The summed E-state index contributed by atoms with van der Waals surface area (Å²) < 4.78 is 15.8. The lowest BCUT2D eigenvalue weighted by Crippen LogP contribution is -2.31. The van der Waals surface area contributed by atoms with Crippen molar-refractivity contribution in [3.05, 3.63) is 76.4 Å².